The molecule has 248 valence electrons. The number of nitrogens with one attached hydrogen (secondary N) is 2. The smallest absolute Gasteiger partial charge is 0.443 e. The highest BCUT2D eigenvalue weighted by molar-refractivity contribution is 7.89. The molecular formula is C29H40N3O11PS. The lowest BCUT2D eigenvalue weighted by Crippen LogP contribution is -2.52. The maximum atomic E-state index is 14.0. The molecule has 2 aromatic carbocycles. The fraction of sp³-hybridized carbons (Fsp3) is 0.552. The molecule has 4 N–H and O–H groups in total. The maximum absolute atomic E-state index is 14.0. The van der Waals surface area contributed by atoms with Crippen molar-refractivity contribution in [1.29, 1.82) is 0 Å². The van der Waals surface area contributed by atoms with Crippen LogP contribution >= 0.6 is 7.82 Å². The van der Waals surface area contributed by atoms with E-state index in [0.717, 1.165) is 17.3 Å². The molecule has 0 spiro atoms. The lowest BCUT2D eigenvalue weighted by atomic mass is 10.0. The number of phosphoric ester groups is 1. The van der Waals surface area contributed by atoms with Gasteiger partial charge < -0.3 is 34.6 Å². The van der Waals surface area contributed by atoms with Crippen LogP contribution in [0.2, 0.25) is 0 Å². The van der Waals surface area contributed by atoms with Gasteiger partial charge in [0.15, 0.2) is 6.29 Å². The lowest BCUT2D eigenvalue weighted by Gasteiger charge is -2.33. The van der Waals surface area contributed by atoms with Crippen molar-refractivity contribution in [2.24, 2.45) is 5.92 Å². The van der Waals surface area contributed by atoms with Crippen molar-refractivity contribution in [3.8, 4) is 0 Å². The van der Waals surface area contributed by atoms with Crippen LogP contribution in [0.1, 0.15) is 37.7 Å². The molecule has 5 rings (SSSR count). The fourth-order valence-electron chi connectivity index (χ4n) is 5.86. The average molecular weight is 670 g/mol. The number of anilines is 1. The predicted octanol–water partition coefficient (Wildman–Crippen LogP) is 3.17. The van der Waals surface area contributed by atoms with Gasteiger partial charge >= 0.3 is 13.9 Å². The van der Waals surface area contributed by atoms with E-state index in [-0.39, 0.29) is 23.8 Å². The van der Waals surface area contributed by atoms with E-state index in [1.165, 1.54) is 12.1 Å². The van der Waals surface area contributed by atoms with Crippen molar-refractivity contribution in [2.45, 2.75) is 74.1 Å². The van der Waals surface area contributed by atoms with Crippen LogP contribution in [0.5, 0.6) is 0 Å². The zero-order valence-corrected chi connectivity index (χ0v) is 26.6. The monoisotopic (exact) mass is 669 g/mol. The van der Waals surface area contributed by atoms with Crippen LogP contribution < -0.4 is 10.6 Å². The van der Waals surface area contributed by atoms with E-state index in [1.807, 2.05) is 0 Å². The largest absolute Gasteiger partial charge is 0.469 e. The Morgan fingerprint density at radius 2 is 1.84 bits per heavy atom. The summed E-state index contributed by atoms with van der Waals surface area (Å²) in [6.07, 6.45) is -0.315. The number of hydroxylamine groups is 1. The molecule has 3 aliphatic rings. The van der Waals surface area contributed by atoms with Gasteiger partial charge in [-0.25, -0.2) is 17.8 Å². The van der Waals surface area contributed by atoms with Gasteiger partial charge in [-0.15, -0.1) is 0 Å². The van der Waals surface area contributed by atoms with Gasteiger partial charge in [-0.3, -0.25) is 9.36 Å². The quantitative estimate of drug-likeness (QED) is 0.171. The Morgan fingerprint density at radius 1 is 1.09 bits per heavy atom. The zero-order chi connectivity index (χ0) is 32.0. The first kappa shape index (κ1) is 33.8. The molecule has 14 nitrogen and oxygen atoms in total. The summed E-state index contributed by atoms with van der Waals surface area (Å²) in [7, 11) is -7.93. The molecule has 16 heteroatoms. The summed E-state index contributed by atoms with van der Waals surface area (Å²) in [6.45, 7) is -0.0216. The van der Waals surface area contributed by atoms with Gasteiger partial charge in [0, 0.05) is 12.7 Å². The zero-order valence-electron chi connectivity index (χ0n) is 24.9. The number of alkyl carbamates (subject to hydrolysis) is 1. The molecule has 5 atom stereocenters. The van der Waals surface area contributed by atoms with Crippen molar-refractivity contribution in [2.75, 3.05) is 32.1 Å². The van der Waals surface area contributed by atoms with Crippen LogP contribution in [-0.2, 0) is 44.6 Å². The summed E-state index contributed by atoms with van der Waals surface area (Å²) in [5, 5.41) is 5.59. The molecule has 0 unspecified atom stereocenters. The maximum Gasteiger partial charge on any atom is 0.469 e. The van der Waals surface area contributed by atoms with Gasteiger partial charge in [-0.2, -0.15) is 0 Å². The lowest BCUT2D eigenvalue weighted by molar-refractivity contribution is -0.144. The summed E-state index contributed by atoms with van der Waals surface area (Å²) in [5.41, 5.74) is 1.24. The van der Waals surface area contributed by atoms with E-state index in [2.05, 4.69) is 10.6 Å². The van der Waals surface area contributed by atoms with Crippen LogP contribution in [0.25, 0.3) is 0 Å². The number of hydrogen-bond donors (Lipinski definition) is 4. The highest BCUT2D eigenvalue weighted by atomic mass is 32.2. The van der Waals surface area contributed by atoms with Crippen LogP contribution in [0.15, 0.2) is 59.5 Å². The van der Waals surface area contributed by atoms with Crippen molar-refractivity contribution in [3.05, 3.63) is 60.2 Å². The molecule has 2 aromatic rings. The molecule has 1 amide bonds. The third-order valence-electron chi connectivity index (χ3n) is 8.15. The molecule has 1 saturated carbocycles. The number of fused-ring (bicyclic) bond motifs is 1. The molecule has 1 aliphatic carbocycles. The van der Waals surface area contributed by atoms with E-state index >= 15 is 0 Å². The summed E-state index contributed by atoms with van der Waals surface area (Å²) in [4.78, 5) is 39.1. The van der Waals surface area contributed by atoms with E-state index in [4.69, 9.17) is 23.6 Å². The van der Waals surface area contributed by atoms with Crippen molar-refractivity contribution >= 4 is 29.6 Å². The first-order valence-corrected chi connectivity index (χ1v) is 17.9. The summed E-state index contributed by atoms with van der Waals surface area (Å²) in [6, 6.07) is 13.8. The number of ether oxygens (including phenoxy) is 3. The van der Waals surface area contributed by atoms with E-state index in [0.29, 0.717) is 37.1 Å². The Balaban J connectivity index is 1.45. The highest BCUT2D eigenvalue weighted by Crippen LogP contribution is 2.40. The van der Waals surface area contributed by atoms with E-state index < -0.39 is 61.1 Å². The number of carbonyl (C=O) groups is 1. The molecule has 45 heavy (non-hydrogen) atoms. The Labute approximate surface area is 262 Å². The Kier molecular flexibility index (Phi) is 11.2. The highest BCUT2D eigenvalue weighted by Gasteiger charge is 2.45. The van der Waals surface area contributed by atoms with Gasteiger partial charge in [-0.1, -0.05) is 53.7 Å². The third kappa shape index (κ3) is 9.03. The normalized spacial score (nSPS) is 23.5. The number of phosphoric acid groups is 1. The standard InChI is InChI=1S/C29H40N3O11PS/c1-30-21-10-7-13-23(17-21)45(37,38)32(42-22-11-5-6-12-22)18-26(43-44(34,35)36)25(16-20-8-3-2-4-9-20)31-29(33)41-27-19-40-28-24(27)14-15-39-28/h2-4,7-10,13,17,22,24-28,30H,5-6,11-12,14-16,18-19H2,1H3,(H,31,33)(H2,34,35,36)/t24-,25-,26+,27-,28+/m0/s1. The first-order chi connectivity index (χ1) is 21.5. The molecule has 2 saturated heterocycles. The van der Waals surface area contributed by atoms with Crippen LogP contribution in [0.3, 0.4) is 0 Å². The second-order valence-electron chi connectivity index (χ2n) is 11.3. The third-order valence-corrected chi connectivity index (χ3v) is 10.3. The minimum absolute atomic E-state index is 0.0312. The van der Waals surface area contributed by atoms with Gasteiger partial charge in [-0.05, 0) is 49.4 Å². The Hall–Kier alpha value is -2.59. The van der Waals surface area contributed by atoms with Crippen molar-refractivity contribution < 1.29 is 51.1 Å². The minimum Gasteiger partial charge on any atom is -0.443 e. The van der Waals surface area contributed by atoms with Crippen molar-refractivity contribution in [3.63, 3.8) is 0 Å². The molecule has 3 fully saturated rings. The predicted molar refractivity (Wildman–Crippen MR) is 161 cm³/mol. The summed E-state index contributed by atoms with van der Waals surface area (Å²) >= 11 is 0. The van der Waals surface area contributed by atoms with E-state index in [9.17, 15) is 27.6 Å². The number of nitrogens with zero attached hydrogens (tertiary/aromatic N) is 1. The number of sulfonamides is 1. The Morgan fingerprint density at radius 3 is 2.56 bits per heavy atom. The molecule has 2 aliphatic heterocycles. The molecule has 2 heterocycles. The number of hydrogen-bond acceptors (Lipinski definition) is 10. The summed E-state index contributed by atoms with van der Waals surface area (Å²) in [5.74, 6) is -0.140. The van der Waals surface area contributed by atoms with Gasteiger partial charge in [0.2, 0.25) is 0 Å². The minimum atomic E-state index is -5.21. The molecular weight excluding hydrogens is 629 g/mol. The number of benzene rings is 2. The number of amides is 1. The average Bonchev–Trinajstić information content (AvgIpc) is 3.77. The van der Waals surface area contributed by atoms with E-state index in [1.54, 1.807) is 49.5 Å². The van der Waals surface area contributed by atoms with Gasteiger partial charge in [0.1, 0.15) is 12.2 Å². The first-order valence-electron chi connectivity index (χ1n) is 15.0. The van der Waals surface area contributed by atoms with Crippen LogP contribution in [0, 0.1) is 5.92 Å². The van der Waals surface area contributed by atoms with Gasteiger partial charge in [0.05, 0.1) is 42.7 Å². The fourth-order valence-corrected chi connectivity index (χ4v) is 7.76. The van der Waals surface area contributed by atoms with Crippen molar-refractivity contribution in [1.82, 2.24) is 9.79 Å². The van der Waals surface area contributed by atoms with Crippen LogP contribution in [0.4, 0.5) is 10.5 Å². The Bertz CT molecular complexity index is 1440. The topological polar surface area (TPSA) is 182 Å². The summed E-state index contributed by atoms with van der Waals surface area (Å²) < 4.78 is 63.0. The molecule has 0 radical (unpaired) electrons. The second-order valence-corrected chi connectivity index (χ2v) is 14.3. The number of carbonyl (C=O) groups excluding carboxylic acids is 1. The SMILES string of the molecule is CNc1cccc(S(=O)(=O)N(C[C@@H](OP(=O)(O)O)[C@H](Cc2ccccc2)NC(=O)O[C@H]2CO[C@H]3OCC[C@H]32)OC2CCCC2)c1. The number of rotatable bonds is 14. The second kappa shape index (κ2) is 14.9. The molecule has 0 bridgehead atoms. The van der Waals surface area contributed by atoms with Gasteiger partial charge in [0.25, 0.3) is 10.0 Å². The molecule has 0 aromatic heterocycles. The van der Waals surface area contributed by atoms with Crippen LogP contribution in [-0.4, -0.2) is 86.2 Å².